The van der Waals surface area contributed by atoms with Crippen molar-refractivity contribution in [1.29, 1.82) is 0 Å². The predicted molar refractivity (Wildman–Crippen MR) is 117 cm³/mol. The van der Waals surface area contributed by atoms with Gasteiger partial charge in [0.2, 0.25) is 5.91 Å². The van der Waals surface area contributed by atoms with Gasteiger partial charge in [-0.25, -0.2) is 0 Å². The van der Waals surface area contributed by atoms with E-state index in [4.69, 9.17) is 0 Å². The molecule has 1 N–H and O–H groups in total. The second kappa shape index (κ2) is 10.5. The zero-order valence-electron chi connectivity index (χ0n) is 18.3. The number of rotatable bonds is 8. The number of hydrogen-bond donors (Lipinski definition) is 1. The molecule has 1 aliphatic heterocycles. The average molecular weight is 388 g/mol. The SMILES string of the molecule is CCCCC(CC)C(=O)Nc1ccc(N(C)C)c(C(=O)N2CCC(C)CC2)c1. The molecule has 1 saturated heterocycles. The van der Waals surface area contributed by atoms with Gasteiger partial charge >= 0.3 is 0 Å². The lowest BCUT2D eigenvalue weighted by molar-refractivity contribution is -0.120. The van der Waals surface area contributed by atoms with Crippen LogP contribution in [0.25, 0.3) is 0 Å². The maximum absolute atomic E-state index is 13.2. The number of hydrogen-bond acceptors (Lipinski definition) is 3. The zero-order valence-corrected chi connectivity index (χ0v) is 18.3. The predicted octanol–water partition coefficient (Wildman–Crippen LogP) is 4.78. The van der Waals surface area contributed by atoms with Gasteiger partial charge in [0.05, 0.1) is 5.56 Å². The largest absolute Gasteiger partial charge is 0.377 e. The van der Waals surface area contributed by atoms with E-state index in [2.05, 4.69) is 26.1 Å². The summed E-state index contributed by atoms with van der Waals surface area (Å²) in [6.07, 6.45) is 5.99. The summed E-state index contributed by atoms with van der Waals surface area (Å²) in [6, 6.07) is 5.68. The van der Waals surface area contributed by atoms with Gasteiger partial charge in [0.25, 0.3) is 5.91 Å². The number of likely N-dealkylation sites (tertiary alicyclic amines) is 1. The van der Waals surface area contributed by atoms with Crippen LogP contribution in [0.2, 0.25) is 0 Å². The van der Waals surface area contributed by atoms with E-state index in [0.29, 0.717) is 17.2 Å². The van der Waals surface area contributed by atoms with Gasteiger partial charge in [-0.15, -0.1) is 0 Å². The maximum Gasteiger partial charge on any atom is 0.256 e. The minimum atomic E-state index is 0.0243. The number of unbranched alkanes of at least 4 members (excludes halogenated alkanes) is 1. The zero-order chi connectivity index (χ0) is 20.7. The number of carbonyl (C=O) groups excluding carboxylic acids is 2. The molecule has 0 radical (unpaired) electrons. The topological polar surface area (TPSA) is 52.7 Å². The number of carbonyl (C=O) groups is 2. The molecule has 156 valence electrons. The number of piperidine rings is 1. The standard InChI is InChI=1S/C23H37N3O2/c1-6-8-9-18(7-2)22(27)24-19-10-11-21(25(4)5)20(16-19)23(28)26-14-12-17(3)13-15-26/h10-11,16-18H,6-9,12-15H2,1-5H3,(H,24,27). The Morgan fingerprint density at radius 1 is 1.21 bits per heavy atom. The molecular formula is C23H37N3O2. The fourth-order valence-corrected chi connectivity index (χ4v) is 3.77. The van der Waals surface area contributed by atoms with Crippen molar-refractivity contribution in [3.05, 3.63) is 23.8 Å². The summed E-state index contributed by atoms with van der Waals surface area (Å²) in [6.45, 7) is 8.05. The quantitative estimate of drug-likeness (QED) is 0.698. The average Bonchev–Trinajstić information content (AvgIpc) is 2.68. The van der Waals surface area contributed by atoms with Crippen molar-refractivity contribution in [2.24, 2.45) is 11.8 Å². The Kier molecular flexibility index (Phi) is 8.34. The maximum atomic E-state index is 13.2. The summed E-state index contributed by atoms with van der Waals surface area (Å²) < 4.78 is 0. The third-order valence-electron chi connectivity index (χ3n) is 5.82. The first-order chi connectivity index (χ1) is 13.4. The molecule has 0 spiro atoms. The van der Waals surface area contributed by atoms with Crippen molar-refractivity contribution >= 4 is 23.2 Å². The lowest BCUT2D eigenvalue weighted by Gasteiger charge is -2.31. The van der Waals surface area contributed by atoms with Crippen molar-refractivity contribution in [3.8, 4) is 0 Å². The van der Waals surface area contributed by atoms with E-state index in [0.717, 1.165) is 57.3 Å². The molecule has 2 amide bonds. The smallest absolute Gasteiger partial charge is 0.256 e. The number of benzene rings is 1. The first-order valence-electron chi connectivity index (χ1n) is 10.8. The van der Waals surface area contributed by atoms with Crippen LogP contribution < -0.4 is 10.2 Å². The summed E-state index contributed by atoms with van der Waals surface area (Å²) >= 11 is 0. The summed E-state index contributed by atoms with van der Waals surface area (Å²) in [5, 5.41) is 3.05. The number of nitrogens with one attached hydrogen (secondary N) is 1. The Morgan fingerprint density at radius 2 is 1.89 bits per heavy atom. The lowest BCUT2D eigenvalue weighted by Crippen LogP contribution is -2.38. The van der Waals surface area contributed by atoms with Crippen LogP contribution >= 0.6 is 0 Å². The van der Waals surface area contributed by atoms with E-state index < -0.39 is 0 Å². The molecule has 2 rings (SSSR count). The third-order valence-corrected chi connectivity index (χ3v) is 5.82. The molecule has 0 bridgehead atoms. The van der Waals surface area contributed by atoms with Gasteiger partial charge in [-0.05, 0) is 49.8 Å². The minimum Gasteiger partial charge on any atom is -0.377 e. The molecule has 1 unspecified atom stereocenters. The van der Waals surface area contributed by atoms with Crippen molar-refractivity contribution in [2.45, 2.75) is 59.3 Å². The second-order valence-electron chi connectivity index (χ2n) is 8.34. The highest BCUT2D eigenvalue weighted by Crippen LogP contribution is 2.27. The molecule has 1 fully saturated rings. The van der Waals surface area contributed by atoms with Crippen LogP contribution in [0, 0.1) is 11.8 Å². The molecule has 5 nitrogen and oxygen atoms in total. The third kappa shape index (κ3) is 5.73. The Labute approximate surface area is 170 Å². The number of anilines is 2. The van der Waals surface area contributed by atoms with E-state index in [-0.39, 0.29) is 17.7 Å². The molecule has 0 saturated carbocycles. The summed E-state index contributed by atoms with van der Waals surface area (Å²) in [4.78, 5) is 29.8. The van der Waals surface area contributed by atoms with Crippen LogP contribution in [-0.2, 0) is 4.79 Å². The van der Waals surface area contributed by atoms with Crippen molar-refractivity contribution < 1.29 is 9.59 Å². The van der Waals surface area contributed by atoms with Crippen LogP contribution in [0.15, 0.2) is 18.2 Å². The van der Waals surface area contributed by atoms with Crippen LogP contribution in [0.1, 0.15) is 69.7 Å². The van der Waals surface area contributed by atoms with Gasteiger partial charge in [0.15, 0.2) is 0 Å². The molecule has 5 heteroatoms. The highest BCUT2D eigenvalue weighted by atomic mass is 16.2. The van der Waals surface area contributed by atoms with Crippen molar-refractivity contribution in [3.63, 3.8) is 0 Å². The van der Waals surface area contributed by atoms with Crippen LogP contribution in [0.4, 0.5) is 11.4 Å². The highest BCUT2D eigenvalue weighted by molar-refractivity contribution is 6.02. The van der Waals surface area contributed by atoms with Crippen LogP contribution in [0.5, 0.6) is 0 Å². The molecule has 1 heterocycles. The van der Waals surface area contributed by atoms with Crippen LogP contribution in [-0.4, -0.2) is 43.9 Å². The molecule has 1 aromatic carbocycles. The van der Waals surface area contributed by atoms with E-state index in [1.165, 1.54) is 0 Å². The Bertz CT molecular complexity index is 664. The molecule has 1 atom stereocenters. The lowest BCUT2D eigenvalue weighted by atomic mass is 9.97. The van der Waals surface area contributed by atoms with E-state index in [1.807, 2.05) is 42.1 Å². The normalized spacial score (nSPS) is 16.0. The Hall–Kier alpha value is -2.04. The van der Waals surface area contributed by atoms with E-state index >= 15 is 0 Å². The number of amides is 2. The van der Waals surface area contributed by atoms with Gasteiger partial charge in [0, 0.05) is 44.5 Å². The summed E-state index contributed by atoms with van der Waals surface area (Å²) in [5.41, 5.74) is 2.26. The molecule has 1 aliphatic rings. The van der Waals surface area contributed by atoms with Crippen molar-refractivity contribution in [1.82, 2.24) is 4.90 Å². The van der Waals surface area contributed by atoms with Gasteiger partial charge in [0.1, 0.15) is 0 Å². The molecule has 28 heavy (non-hydrogen) atoms. The van der Waals surface area contributed by atoms with Gasteiger partial charge in [-0.3, -0.25) is 9.59 Å². The number of nitrogens with zero attached hydrogens (tertiary/aromatic N) is 2. The minimum absolute atomic E-state index is 0.0243. The summed E-state index contributed by atoms with van der Waals surface area (Å²) in [5.74, 6) is 0.816. The highest BCUT2D eigenvalue weighted by Gasteiger charge is 2.25. The molecule has 0 aliphatic carbocycles. The Morgan fingerprint density at radius 3 is 2.46 bits per heavy atom. The monoisotopic (exact) mass is 387 g/mol. The molecular weight excluding hydrogens is 350 g/mol. The van der Waals surface area contributed by atoms with Gasteiger partial charge in [-0.1, -0.05) is 33.6 Å². The molecule has 1 aromatic rings. The Balaban J connectivity index is 2.20. The van der Waals surface area contributed by atoms with Gasteiger partial charge in [-0.2, -0.15) is 0 Å². The first kappa shape index (κ1) is 22.3. The van der Waals surface area contributed by atoms with E-state index in [1.54, 1.807) is 0 Å². The summed E-state index contributed by atoms with van der Waals surface area (Å²) in [7, 11) is 3.89. The van der Waals surface area contributed by atoms with Gasteiger partial charge < -0.3 is 15.1 Å². The van der Waals surface area contributed by atoms with E-state index in [9.17, 15) is 9.59 Å². The van der Waals surface area contributed by atoms with Crippen molar-refractivity contribution in [2.75, 3.05) is 37.4 Å². The van der Waals surface area contributed by atoms with Crippen LogP contribution in [0.3, 0.4) is 0 Å². The fraction of sp³-hybridized carbons (Fsp3) is 0.652. The first-order valence-corrected chi connectivity index (χ1v) is 10.8. The molecule has 0 aromatic heterocycles. The second-order valence-corrected chi connectivity index (χ2v) is 8.34. The fourth-order valence-electron chi connectivity index (χ4n) is 3.77.